The standard InChI is InChI=1S/C16H17NO4S2/c1-11-4-7-14(8-5-11)23(19,20)17-16(18)21-13-6-9-15(22-3)12(2)10-13/h4-10H,1-3H3,(H,17,18). The lowest BCUT2D eigenvalue weighted by Gasteiger charge is -2.09. The van der Waals surface area contributed by atoms with Crippen molar-refractivity contribution in [1.29, 1.82) is 0 Å². The number of ether oxygens (including phenoxy) is 1. The van der Waals surface area contributed by atoms with E-state index in [0.29, 0.717) is 0 Å². The van der Waals surface area contributed by atoms with Gasteiger partial charge in [-0.3, -0.25) is 0 Å². The van der Waals surface area contributed by atoms with Gasteiger partial charge in [0.25, 0.3) is 10.0 Å². The molecule has 2 rings (SSSR count). The maximum Gasteiger partial charge on any atom is 0.426 e. The van der Waals surface area contributed by atoms with Gasteiger partial charge in [0, 0.05) is 4.90 Å². The molecule has 122 valence electrons. The number of sulfonamides is 1. The van der Waals surface area contributed by atoms with E-state index in [1.54, 1.807) is 36.0 Å². The molecule has 0 aliphatic rings. The molecule has 23 heavy (non-hydrogen) atoms. The van der Waals surface area contributed by atoms with Crippen LogP contribution in [-0.4, -0.2) is 20.8 Å². The maximum atomic E-state index is 12.1. The van der Waals surface area contributed by atoms with Crippen LogP contribution in [0.5, 0.6) is 5.75 Å². The second kappa shape index (κ2) is 7.06. The summed E-state index contributed by atoms with van der Waals surface area (Å²) in [5.74, 6) is 0.289. The Hall–Kier alpha value is -1.99. The van der Waals surface area contributed by atoms with Crippen molar-refractivity contribution in [2.24, 2.45) is 0 Å². The Labute approximate surface area is 140 Å². The highest BCUT2D eigenvalue weighted by Crippen LogP contribution is 2.24. The van der Waals surface area contributed by atoms with Gasteiger partial charge in [-0.15, -0.1) is 11.8 Å². The molecule has 7 heteroatoms. The Morgan fingerprint density at radius 1 is 1.09 bits per heavy atom. The van der Waals surface area contributed by atoms with Crippen molar-refractivity contribution in [2.45, 2.75) is 23.6 Å². The number of carbonyl (C=O) groups excluding carboxylic acids is 1. The van der Waals surface area contributed by atoms with E-state index in [1.807, 2.05) is 30.9 Å². The Morgan fingerprint density at radius 3 is 2.30 bits per heavy atom. The lowest BCUT2D eigenvalue weighted by Crippen LogP contribution is -2.33. The van der Waals surface area contributed by atoms with Crippen LogP contribution in [0.4, 0.5) is 4.79 Å². The van der Waals surface area contributed by atoms with Crippen molar-refractivity contribution in [3.05, 3.63) is 53.6 Å². The molecule has 1 N–H and O–H groups in total. The van der Waals surface area contributed by atoms with Crippen molar-refractivity contribution in [3.8, 4) is 5.75 Å². The first-order valence-corrected chi connectivity index (χ1v) is 9.48. The zero-order chi connectivity index (χ0) is 17.0. The van der Waals surface area contributed by atoms with Gasteiger partial charge in [-0.2, -0.15) is 0 Å². The van der Waals surface area contributed by atoms with Crippen LogP contribution in [0.25, 0.3) is 0 Å². The quantitative estimate of drug-likeness (QED) is 0.854. The second-order valence-corrected chi connectivity index (χ2v) is 7.47. The summed E-state index contributed by atoms with van der Waals surface area (Å²) in [7, 11) is -3.95. The number of benzene rings is 2. The van der Waals surface area contributed by atoms with E-state index in [1.165, 1.54) is 12.1 Å². The van der Waals surface area contributed by atoms with Crippen molar-refractivity contribution >= 4 is 27.9 Å². The molecule has 0 unspecified atom stereocenters. The van der Waals surface area contributed by atoms with Gasteiger partial charge in [-0.1, -0.05) is 17.7 Å². The minimum atomic E-state index is -3.95. The molecule has 0 aliphatic heterocycles. The van der Waals surface area contributed by atoms with Gasteiger partial charge in [0.05, 0.1) is 4.90 Å². The van der Waals surface area contributed by atoms with Crippen molar-refractivity contribution in [2.75, 3.05) is 6.26 Å². The zero-order valence-electron chi connectivity index (χ0n) is 13.0. The average molecular weight is 351 g/mol. The molecule has 0 heterocycles. The number of hydrogen-bond donors (Lipinski definition) is 1. The number of thioether (sulfide) groups is 1. The van der Waals surface area contributed by atoms with E-state index in [0.717, 1.165) is 16.0 Å². The topological polar surface area (TPSA) is 72.5 Å². The number of carbonyl (C=O) groups is 1. The monoisotopic (exact) mass is 351 g/mol. The first-order valence-electron chi connectivity index (χ1n) is 6.78. The highest BCUT2D eigenvalue weighted by Gasteiger charge is 2.19. The molecule has 0 saturated carbocycles. The Morgan fingerprint density at radius 2 is 1.74 bits per heavy atom. The molecule has 5 nitrogen and oxygen atoms in total. The minimum Gasteiger partial charge on any atom is -0.410 e. The molecular weight excluding hydrogens is 334 g/mol. The van der Waals surface area contributed by atoms with Crippen LogP contribution in [0.1, 0.15) is 11.1 Å². The fourth-order valence-corrected chi connectivity index (χ4v) is 3.39. The molecule has 0 spiro atoms. The lowest BCUT2D eigenvalue weighted by molar-refractivity contribution is 0.206. The van der Waals surface area contributed by atoms with Gasteiger partial charge in [-0.05, 0) is 56.0 Å². The van der Waals surface area contributed by atoms with Crippen LogP contribution in [-0.2, 0) is 10.0 Å². The van der Waals surface area contributed by atoms with Gasteiger partial charge in [0.15, 0.2) is 0 Å². The van der Waals surface area contributed by atoms with E-state index in [9.17, 15) is 13.2 Å². The number of amides is 1. The van der Waals surface area contributed by atoms with Gasteiger partial charge in [0.2, 0.25) is 0 Å². The molecule has 0 aromatic heterocycles. The van der Waals surface area contributed by atoms with E-state index in [4.69, 9.17) is 4.74 Å². The highest BCUT2D eigenvalue weighted by molar-refractivity contribution is 7.98. The van der Waals surface area contributed by atoms with Gasteiger partial charge in [-0.25, -0.2) is 17.9 Å². The zero-order valence-corrected chi connectivity index (χ0v) is 14.6. The predicted molar refractivity (Wildman–Crippen MR) is 90.5 cm³/mol. The first-order chi connectivity index (χ1) is 10.8. The maximum absolute atomic E-state index is 12.1. The van der Waals surface area contributed by atoms with Gasteiger partial charge < -0.3 is 4.74 Å². The van der Waals surface area contributed by atoms with E-state index in [2.05, 4.69) is 0 Å². The van der Waals surface area contributed by atoms with Gasteiger partial charge >= 0.3 is 6.09 Å². The average Bonchev–Trinajstić information content (AvgIpc) is 2.47. The van der Waals surface area contributed by atoms with Crippen molar-refractivity contribution < 1.29 is 17.9 Å². The largest absolute Gasteiger partial charge is 0.426 e. The molecule has 2 aromatic rings. The van der Waals surface area contributed by atoms with E-state index < -0.39 is 16.1 Å². The van der Waals surface area contributed by atoms with Crippen molar-refractivity contribution in [1.82, 2.24) is 4.72 Å². The summed E-state index contributed by atoms with van der Waals surface area (Å²) in [6.07, 6.45) is 0.908. The van der Waals surface area contributed by atoms with Crippen molar-refractivity contribution in [3.63, 3.8) is 0 Å². The minimum absolute atomic E-state index is 0.00830. The van der Waals surface area contributed by atoms with Crippen LogP contribution in [0.3, 0.4) is 0 Å². The van der Waals surface area contributed by atoms with Crippen LogP contribution in [0.2, 0.25) is 0 Å². The molecule has 0 saturated heterocycles. The highest BCUT2D eigenvalue weighted by atomic mass is 32.2. The molecule has 0 bridgehead atoms. The Kier molecular flexibility index (Phi) is 5.33. The second-order valence-electron chi connectivity index (χ2n) is 4.94. The molecule has 0 aliphatic carbocycles. The predicted octanol–water partition coefficient (Wildman–Crippen LogP) is 3.50. The molecule has 0 radical (unpaired) electrons. The fourth-order valence-electron chi connectivity index (χ4n) is 1.93. The summed E-state index contributed by atoms with van der Waals surface area (Å²) in [4.78, 5) is 12.9. The number of hydrogen-bond acceptors (Lipinski definition) is 5. The lowest BCUT2D eigenvalue weighted by atomic mass is 10.2. The third-order valence-corrected chi connectivity index (χ3v) is 5.35. The van der Waals surface area contributed by atoms with Crippen LogP contribution >= 0.6 is 11.8 Å². The summed E-state index contributed by atoms with van der Waals surface area (Å²) in [6, 6.07) is 11.3. The van der Waals surface area contributed by atoms with E-state index in [-0.39, 0.29) is 10.6 Å². The summed E-state index contributed by atoms with van der Waals surface area (Å²) in [5.41, 5.74) is 1.88. The third kappa shape index (κ3) is 4.49. The summed E-state index contributed by atoms with van der Waals surface area (Å²) in [6.45, 7) is 3.73. The van der Waals surface area contributed by atoms with E-state index >= 15 is 0 Å². The third-order valence-electron chi connectivity index (χ3n) is 3.13. The summed E-state index contributed by atoms with van der Waals surface area (Å²) < 4.78 is 31.1. The van der Waals surface area contributed by atoms with Crippen LogP contribution in [0.15, 0.2) is 52.3 Å². The first kappa shape index (κ1) is 17.4. The molecule has 1 amide bonds. The number of nitrogens with one attached hydrogen (secondary N) is 1. The molecule has 2 aromatic carbocycles. The van der Waals surface area contributed by atoms with Crippen LogP contribution in [0, 0.1) is 13.8 Å². The molecular formula is C16H17NO4S2. The molecule has 0 atom stereocenters. The smallest absolute Gasteiger partial charge is 0.410 e. The van der Waals surface area contributed by atoms with Gasteiger partial charge in [0.1, 0.15) is 5.75 Å². The Balaban J connectivity index is 2.09. The normalized spacial score (nSPS) is 11.1. The fraction of sp³-hybridized carbons (Fsp3) is 0.188. The molecule has 0 fully saturated rings. The number of aryl methyl sites for hydroxylation is 2. The Bertz CT molecular complexity index is 814. The summed E-state index contributed by atoms with van der Waals surface area (Å²) >= 11 is 1.58. The SMILES string of the molecule is CSc1ccc(OC(=O)NS(=O)(=O)c2ccc(C)cc2)cc1C. The van der Waals surface area contributed by atoms with Crippen LogP contribution < -0.4 is 9.46 Å². The summed E-state index contributed by atoms with van der Waals surface area (Å²) in [5, 5.41) is 0. The number of rotatable bonds is 4.